The number of nitrogens with two attached hydrogens (primary N) is 1. The van der Waals surface area contributed by atoms with E-state index in [-0.39, 0.29) is 29.8 Å². The number of anilines is 1. The van der Waals surface area contributed by atoms with E-state index in [0.717, 1.165) is 44.7 Å². The summed E-state index contributed by atoms with van der Waals surface area (Å²) in [6, 6.07) is 6.67. The fraction of sp³-hybridized carbons (Fsp3) is 0.500. The Morgan fingerprint density at radius 2 is 1.82 bits per heavy atom. The number of piperazine rings is 1. The van der Waals surface area contributed by atoms with Gasteiger partial charge < -0.3 is 15.5 Å². The second kappa shape index (κ2) is 9.87. The molecular weight excluding hydrogens is 488 g/mol. The summed E-state index contributed by atoms with van der Waals surface area (Å²) in [5.41, 5.74) is 8.57. The maximum Gasteiger partial charge on any atom is 0.191 e. The average molecular weight is 515 g/mol. The largest absolute Gasteiger partial charge is 0.370 e. The highest BCUT2D eigenvalue weighted by atomic mass is 127. The van der Waals surface area contributed by atoms with Gasteiger partial charge in [0.15, 0.2) is 5.96 Å². The minimum atomic E-state index is -0.199. The first kappa shape index (κ1) is 21.3. The zero-order valence-electron chi connectivity index (χ0n) is 15.9. The Bertz CT molecular complexity index is 776. The topological polar surface area (TPSA) is 57.8 Å². The normalized spacial score (nSPS) is 17.2. The van der Waals surface area contributed by atoms with E-state index in [9.17, 15) is 4.39 Å². The van der Waals surface area contributed by atoms with E-state index in [2.05, 4.69) is 14.8 Å². The maximum atomic E-state index is 13.1. The minimum Gasteiger partial charge on any atom is -0.370 e. The molecule has 0 saturated carbocycles. The predicted molar refractivity (Wildman–Crippen MR) is 125 cm³/mol. The summed E-state index contributed by atoms with van der Waals surface area (Å²) in [7, 11) is 0. The van der Waals surface area contributed by atoms with Gasteiger partial charge in [-0.3, -0.25) is 4.99 Å². The van der Waals surface area contributed by atoms with Gasteiger partial charge in [-0.15, -0.1) is 35.3 Å². The highest BCUT2D eigenvalue weighted by Crippen LogP contribution is 2.26. The Morgan fingerprint density at radius 3 is 2.54 bits per heavy atom. The molecule has 1 saturated heterocycles. The first-order valence-electron chi connectivity index (χ1n) is 9.72. The Labute approximate surface area is 186 Å². The molecule has 0 radical (unpaired) electrons. The lowest BCUT2D eigenvalue weighted by Crippen LogP contribution is -2.51. The van der Waals surface area contributed by atoms with Crippen molar-refractivity contribution in [1.29, 1.82) is 0 Å². The fourth-order valence-electron chi connectivity index (χ4n) is 3.72. The molecule has 2 aliphatic rings. The molecule has 5 nitrogen and oxygen atoms in total. The van der Waals surface area contributed by atoms with Crippen LogP contribution in [0.2, 0.25) is 0 Å². The lowest BCUT2D eigenvalue weighted by atomic mass is 10.0. The van der Waals surface area contributed by atoms with Crippen molar-refractivity contribution in [3.05, 3.63) is 45.7 Å². The molecule has 2 N–H and O–H groups in total. The molecule has 1 fully saturated rings. The molecular formula is C20H27FIN5S. The van der Waals surface area contributed by atoms with Crippen LogP contribution in [0.4, 0.5) is 10.1 Å². The van der Waals surface area contributed by atoms with Crippen molar-refractivity contribution in [2.75, 3.05) is 37.6 Å². The third-order valence-corrected chi connectivity index (χ3v) is 6.50. The van der Waals surface area contributed by atoms with Gasteiger partial charge in [-0.1, -0.05) is 0 Å². The number of fused-ring (bicyclic) bond motifs is 1. The number of guanidine groups is 1. The number of halogens is 2. The number of aromatic nitrogens is 1. The monoisotopic (exact) mass is 515 g/mol. The van der Waals surface area contributed by atoms with Crippen molar-refractivity contribution in [3.63, 3.8) is 0 Å². The Morgan fingerprint density at radius 1 is 1.11 bits per heavy atom. The molecule has 152 valence electrons. The summed E-state index contributed by atoms with van der Waals surface area (Å²) in [5.74, 6) is 0.421. The van der Waals surface area contributed by atoms with E-state index in [1.54, 1.807) is 0 Å². The van der Waals surface area contributed by atoms with E-state index in [1.165, 1.54) is 47.0 Å². The quantitative estimate of drug-likeness (QED) is 0.385. The average Bonchev–Trinajstić information content (AvgIpc) is 3.11. The van der Waals surface area contributed by atoms with Gasteiger partial charge in [0.25, 0.3) is 0 Å². The van der Waals surface area contributed by atoms with Crippen molar-refractivity contribution in [2.24, 2.45) is 10.7 Å². The fourth-order valence-corrected chi connectivity index (χ4v) is 4.87. The van der Waals surface area contributed by atoms with Crippen LogP contribution in [0.15, 0.2) is 29.3 Å². The summed E-state index contributed by atoms with van der Waals surface area (Å²) in [6.45, 7) is 4.08. The standard InChI is InChI=1S/C20H26FN5S.HI/c21-15-5-7-16(8-6-15)25-11-13-26(14-12-25)20(22)23-10-9-19-24-17-3-1-2-4-18(17)27-19;/h5-8H,1-4,9-14H2,(H2,22,23);1H. The van der Waals surface area contributed by atoms with E-state index in [0.29, 0.717) is 12.5 Å². The molecule has 1 aromatic carbocycles. The molecule has 28 heavy (non-hydrogen) atoms. The number of aliphatic imine (C=N–C) groups is 1. The van der Waals surface area contributed by atoms with Gasteiger partial charge in [-0.2, -0.15) is 0 Å². The first-order chi connectivity index (χ1) is 13.2. The Balaban J connectivity index is 0.00000225. The molecule has 4 rings (SSSR count). The molecule has 0 amide bonds. The van der Waals surface area contributed by atoms with Crippen LogP contribution in [-0.4, -0.2) is 48.6 Å². The number of rotatable bonds is 4. The second-order valence-corrected chi connectivity index (χ2v) is 8.29. The van der Waals surface area contributed by atoms with Crippen LogP contribution >= 0.6 is 35.3 Å². The SMILES string of the molecule is I.NC(=NCCc1nc2c(s1)CCCC2)N1CCN(c2ccc(F)cc2)CC1. The molecule has 1 aliphatic heterocycles. The smallest absolute Gasteiger partial charge is 0.191 e. The van der Waals surface area contributed by atoms with Crippen LogP contribution in [-0.2, 0) is 19.3 Å². The van der Waals surface area contributed by atoms with Crippen molar-refractivity contribution < 1.29 is 4.39 Å². The van der Waals surface area contributed by atoms with Crippen molar-refractivity contribution in [3.8, 4) is 0 Å². The van der Waals surface area contributed by atoms with Gasteiger partial charge in [-0.25, -0.2) is 9.37 Å². The van der Waals surface area contributed by atoms with Crippen molar-refractivity contribution in [2.45, 2.75) is 32.1 Å². The Hall–Kier alpha value is -1.42. The van der Waals surface area contributed by atoms with Crippen molar-refractivity contribution >= 4 is 47.0 Å². The van der Waals surface area contributed by atoms with Crippen LogP contribution in [0.3, 0.4) is 0 Å². The maximum absolute atomic E-state index is 13.1. The van der Waals surface area contributed by atoms with Crippen LogP contribution in [0.25, 0.3) is 0 Å². The number of hydrogen-bond acceptors (Lipinski definition) is 4. The van der Waals surface area contributed by atoms with Gasteiger partial charge >= 0.3 is 0 Å². The second-order valence-electron chi connectivity index (χ2n) is 7.13. The third-order valence-electron chi connectivity index (χ3n) is 5.28. The van der Waals surface area contributed by atoms with Crippen molar-refractivity contribution in [1.82, 2.24) is 9.88 Å². The van der Waals surface area contributed by atoms with Gasteiger partial charge in [0.05, 0.1) is 10.7 Å². The van der Waals surface area contributed by atoms with Gasteiger partial charge in [0.1, 0.15) is 5.82 Å². The molecule has 1 aromatic heterocycles. The van der Waals surface area contributed by atoms with E-state index < -0.39 is 0 Å². The predicted octanol–water partition coefficient (Wildman–Crippen LogP) is 3.46. The summed E-state index contributed by atoms with van der Waals surface area (Å²) >= 11 is 1.85. The van der Waals surface area contributed by atoms with Gasteiger partial charge in [-0.05, 0) is 49.9 Å². The number of nitrogens with zero attached hydrogens (tertiary/aromatic N) is 4. The number of hydrogen-bond donors (Lipinski definition) is 1. The molecule has 1 aliphatic carbocycles. The van der Waals surface area contributed by atoms with E-state index in [1.807, 2.05) is 23.5 Å². The summed E-state index contributed by atoms with van der Waals surface area (Å²) in [4.78, 5) is 15.2. The summed E-state index contributed by atoms with van der Waals surface area (Å²) in [6.07, 6.45) is 5.76. The van der Waals surface area contributed by atoms with Crippen LogP contribution < -0.4 is 10.6 Å². The van der Waals surface area contributed by atoms with E-state index in [4.69, 9.17) is 10.7 Å². The summed E-state index contributed by atoms with van der Waals surface area (Å²) in [5, 5.41) is 1.19. The zero-order chi connectivity index (χ0) is 18.6. The molecule has 2 heterocycles. The van der Waals surface area contributed by atoms with Gasteiger partial charge in [0.2, 0.25) is 0 Å². The van der Waals surface area contributed by atoms with Gasteiger partial charge in [0, 0.05) is 49.7 Å². The highest BCUT2D eigenvalue weighted by Gasteiger charge is 2.19. The lowest BCUT2D eigenvalue weighted by molar-refractivity contribution is 0.381. The minimum absolute atomic E-state index is 0. The van der Waals surface area contributed by atoms with Crippen LogP contribution in [0, 0.1) is 5.82 Å². The van der Waals surface area contributed by atoms with Crippen LogP contribution in [0.5, 0.6) is 0 Å². The first-order valence-corrected chi connectivity index (χ1v) is 10.5. The Kier molecular flexibility index (Phi) is 7.50. The third kappa shape index (κ3) is 5.14. The number of thiazole rings is 1. The number of aryl methyl sites for hydroxylation is 2. The molecule has 0 bridgehead atoms. The highest BCUT2D eigenvalue weighted by molar-refractivity contribution is 14.0. The molecule has 8 heteroatoms. The number of benzene rings is 1. The molecule has 0 atom stereocenters. The zero-order valence-corrected chi connectivity index (χ0v) is 19.1. The molecule has 0 spiro atoms. The lowest BCUT2D eigenvalue weighted by Gasteiger charge is -2.36. The van der Waals surface area contributed by atoms with E-state index >= 15 is 0 Å². The van der Waals surface area contributed by atoms with Crippen LogP contribution in [0.1, 0.15) is 28.4 Å². The summed E-state index contributed by atoms with van der Waals surface area (Å²) < 4.78 is 13.1. The molecule has 0 unspecified atom stereocenters. The molecule has 2 aromatic rings.